The number of aromatic nitrogens is 4. The summed E-state index contributed by atoms with van der Waals surface area (Å²) >= 11 is 0. The van der Waals surface area contributed by atoms with E-state index in [1.807, 2.05) is 12.1 Å². The number of hydrogen-bond acceptors (Lipinski definition) is 2. The predicted molar refractivity (Wildman–Crippen MR) is 261 cm³/mol. The molecule has 4 nitrogen and oxygen atoms in total. The van der Waals surface area contributed by atoms with Gasteiger partial charge in [0.25, 0.3) is 0 Å². The quantitative estimate of drug-likeness (QED) is 0.168. The Morgan fingerprint density at radius 3 is 1.43 bits per heavy atom. The van der Waals surface area contributed by atoms with Crippen LogP contribution in [0.4, 0.5) is 0 Å². The second kappa shape index (κ2) is 14.1. The zero-order valence-corrected chi connectivity index (χ0v) is 34.3. The smallest absolute Gasteiger partial charge is 0.235 e. The summed E-state index contributed by atoms with van der Waals surface area (Å²) in [5.41, 5.74) is 19.8. The Labute approximate surface area is 364 Å². The molecule has 13 rings (SSSR count). The number of nitrogens with zero attached hydrogens (tertiary/aromatic N) is 4. The summed E-state index contributed by atoms with van der Waals surface area (Å²) in [7, 11) is 0. The molecule has 0 saturated heterocycles. The lowest BCUT2D eigenvalue weighted by Gasteiger charge is -2.16. The molecule has 0 saturated carbocycles. The van der Waals surface area contributed by atoms with E-state index in [1.54, 1.807) is 0 Å². The van der Waals surface area contributed by atoms with E-state index in [0.717, 1.165) is 56.6 Å². The summed E-state index contributed by atoms with van der Waals surface area (Å²) in [6.07, 6.45) is 0.900. The van der Waals surface area contributed by atoms with Crippen LogP contribution in [0.5, 0.6) is 0 Å². The van der Waals surface area contributed by atoms with Crippen LogP contribution in [-0.2, 0) is 6.42 Å². The van der Waals surface area contributed by atoms with E-state index >= 15 is 0 Å². The first-order valence-electron chi connectivity index (χ1n) is 21.6. The van der Waals surface area contributed by atoms with Crippen molar-refractivity contribution in [1.29, 1.82) is 0 Å². The van der Waals surface area contributed by atoms with E-state index in [0.29, 0.717) is 5.95 Å². The van der Waals surface area contributed by atoms with Crippen molar-refractivity contribution >= 4 is 43.6 Å². The Bertz CT molecular complexity index is 3680. The van der Waals surface area contributed by atoms with E-state index in [2.05, 4.69) is 215 Å². The van der Waals surface area contributed by atoms with Crippen LogP contribution in [0.25, 0.3) is 111 Å². The Morgan fingerprint density at radius 2 is 0.825 bits per heavy atom. The van der Waals surface area contributed by atoms with Crippen LogP contribution in [0.1, 0.15) is 11.1 Å². The van der Waals surface area contributed by atoms with Gasteiger partial charge in [-0.25, -0.2) is 9.97 Å². The second-order valence-electron chi connectivity index (χ2n) is 16.5. The van der Waals surface area contributed by atoms with Crippen molar-refractivity contribution in [3.8, 4) is 67.5 Å². The van der Waals surface area contributed by atoms with E-state index in [9.17, 15) is 0 Å². The molecule has 3 aromatic heterocycles. The van der Waals surface area contributed by atoms with Crippen molar-refractivity contribution in [2.45, 2.75) is 6.42 Å². The zero-order chi connectivity index (χ0) is 41.4. The summed E-state index contributed by atoms with van der Waals surface area (Å²) in [6.45, 7) is 0. The van der Waals surface area contributed by atoms with Crippen molar-refractivity contribution in [2.24, 2.45) is 0 Å². The predicted octanol–water partition coefficient (Wildman–Crippen LogP) is 14.9. The molecule has 0 fully saturated rings. The third kappa shape index (κ3) is 5.62. The molecule has 294 valence electrons. The Hall–Kier alpha value is -8.34. The van der Waals surface area contributed by atoms with Gasteiger partial charge in [-0.15, -0.1) is 0 Å². The highest BCUT2D eigenvalue weighted by atomic mass is 15.2. The van der Waals surface area contributed by atoms with Gasteiger partial charge in [0.1, 0.15) is 0 Å². The summed E-state index contributed by atoms with van der Waals surface area (Å²) in [6, 6.07) is 78.7. The van der Waals surface area contributed by atoms with Crippen LogP contribution in [0.2, 0.25) is 0 Å². The van der Waals surface area contributed by atoms with Crippen LogP contribution >= 0.6 is 0 Å². The lowest BCUT2D eigenvalue weighted by atomic mass is 9.94. The van der Waals surface area contributed by atoms with Gasteiger partial charge in [-0.1, -0.05) is 170 Å². The maximum Gasteiger partial charge on any atom is 0.235 e. The third-order valence-corrected chi connectivity index (χ3v) is 13.0. The first kappa shape index (κ1) is 35.4. The number of fused-ring (bicyclic) bond motifs is 10. The number of rotatable bonds is 6. The fourth-order valence-electron chi connectivity index (χ4n) is 10.1. The zero-order valence-electron chi connectivity index (χ0n) is 34.3. The molecule has 1 aliphatic rings. The molecule has 1 aliphatic carbocycles. The molecule has 4 heteroatoms. The Balaban J connectivity index is 1.08. The van der Waals surface area contributed by atoms with E-state index in [4.69, 9.17) is 9.97 Å². The molecule has 0 aliphatic heterocycles. The molecule has 0 atom stereocenters. The highest BCUT2D eigenvalue weighted by Crippen LogP contribution is 2.47. The molecule has 0 amide bonds. The maximum absolute atomic E-state index is 5.33. The molecular formula is C59H38N4. The molecule has 0 unspecified atom stereocenters. The van der Waals surface area contributed by atoms with Gasteiger partial charge in [-0.2, -0.15) is 0 Å². The fourth-order valence-corrected chi connectivity index (χ4v) is 10.1. The third-order valence-electron chi connectivity index (χ3n) is 13.0. The molecule has 9 aromatic carbocycles. The number of para-hydroxylation sites is 2. The van der Waals surface area contributed by atoms with Crippen molar-refractivity contribution < 1.29 is 0 Å². The summed E-state index contributed by atoms with van der Waals surface area (Å²) in [5.74, 6) is 0.643. The SMILES string of the molecule is c1ccc(-c2ccc3c(c2)-c2cc(-n4c5ccccc5c5c6c7ccccc7n(-c7nc(-c8ccccc8)cc(-c8ccccc8)n7)c6ccc54)cc(-c4ccccc4)c2C3)cc1. The minimum atomic E-state index is 0.643. The van der Waals surface area contributed by atoms with Gasteiger partial charge >= 0.3 is 0 Å². The minimum Gasteiger partial charge on any atom is -0.309 e. The van der Waals surface area contributed by atoms with Crippen LogP contribution in [0.3, 0.4) is 0 Å². The minimum absolute atomic E-state index is 0.643. The number of benzene rings is 9. The van der Waals surface area contributed by atoms with Gasteiger partial charge in [0, 0.05) is 38.4 Å². The first-order valence-corrected chi connectivity index (χ1v) is 21.6. The monoisotopic (exact) mass is 802 g/mol. The van der Waals surface area contributed by atoms with Crippen LogP contribution in [-0.4, -0.2) is 19.1 Å². The van der Waals surface area contributed by atoms with E-state index in [-0.39, 0.29) is 0 Å². The molecule has 12 aromatic rings. The highest BCUT2D eigenvalue weighted by Gasteiger charge is 2.27. The number of hydrogen-bond donors (Lipinski definition) is 0. The van der Waals surface area contributed by atoms with Gasteiger partial charge in [0.15, 0.2) is 0 Å². The topological polar surface area (TPSA) is 35.6 Å². The van der Waals surface area contributed by atoms with Crippen molar-refractivity contribution in [2.75, 3.05) is 0 Å². The molecule has 0 radical (unpaired) electrons. The van der Waals surface area contributed by atoms with Crippen molar-refractivity contribution in [1.82, 2.24) is 19.1 Å². The normalized spacial score (nSPS) is 12.1. The molecule has 3 heterocycles. The van der Waals surface area contributed by atoms with Crippen LogP contribution < -0.4 is 0 Å². The highest BCUT2D eigenvalue weighted by molar-refractivity contribution is 6.29. The first-order chi connectivity index (χ1) is 31.2. The van der Waals surface area contributed by atoms with Gasteiger partial charge in [-0.05, 0) is 99.5 Å². The van der Waals surface area contributed by atoms with E-state index in [1.165, 1.54) is 66.2 Å². The Kier molecular flexibility index (Phi) is 7.94. The molecule has 63 heavy (non-hydrogen) atoms. The van der Waals surface area contributed by atoms with Gasteiger partial charge < -0.3 is 4.57 Å². The molecule has 0 spiro atoms. The van der Waals surface area contributed by atoms with Crippen molar-refractivity contribution in [3.05, 3.63) is 230 Å². The summed E-state index contributed by atoms with van der Waals surface area (Å²) in [4.78, 5) is 10.7. The van der Waals surface area contributed by atoms with E-state index < -0.39 is 0 Å². The lowest BCUT2D eigenvalue weighted by molar-refractivity contribution is 0.996. The molecule has 0 N–H and O–H groups in total. The Morgan fingerprint density at radius 1 is 0.333 bits per heavy atom. The van der Waals surface area contributed by atoms with Gasteiger partial charge in [-0.3, -0.25) is 4.57 Å². The van der Waals surface area contributed by atoms with Gasteiger partial charge in [0.2, 0.25) is 5.95 Å². The van der Waals surface area contributed by atoms with Crippen LogP contribution in [0, 0.1) is 0 Å². The standard InChI is InChI=1S/C59H38N4/c1-5-17-38(18-6-1)42-29-30-43-34-49-48(39-19-7-2-8-20-39)35-44(36-50(49)47(43)33-42)62-53-27-15-13-25-45(53)57-55(62)31-32-56-58(57)46-26-14-16-28-54(46)63(56)59-60-51(40-21-9-3-10-22-40)37-52(61-59)41-23-11-4-12-24-41/h1-33,35-37H,34H2. The summed E-state index contributed by atoms with van der Waals surface area (Å²) < 4.78 is 4.75. The van der Waals surface area contributed by atoms with Crippen LogP contribution in [0.15, 0.2) is 218 Å². The average molecular weight is 803 g/mol. The van der Waals surface area contributed by atoms with Crippen molar-refractivity contribution in [3.63, 3.8) is 0 Å². The van der Waals surface area contributed by atoms with Gasteiger partial charge in [0.05, 0.1) is 33.5 Å². The molecular weight excluding hydrogens is 765 g/mol. The summed E-state index contributed by atoms with van der Waals surface area (Å²) in [5, 5.41) is 4.78. The lowest BCUT2D eigenvalue weighted by Crippen LogP contribution is -2.04. The largest absolute Gasteiger partial charge is 0.309 e. The maximum atomic E-state index is 5.33. The fraction of sp³-hybridized carbons (Fsp3) is 0.0169. The average Bonchev–Trinajstić information content (AvgIpc) is 4.02. The second-order valence-corrected chi connectivity index (χ2v) is 16.5. The molecule has 0 bridgehead atoms.